The molecule has 0 bridgehead atoms. The van der Waals surface area contributed by atoms with E-state index >= 15 is 0 Å². The van der Waals surface area contributed by atoms with Crippen LogP contribution in [0, 0.1) is 0 Å². The fraction of sp³-hybridized carbons (Fsp3) is 0.417. The third-order valence-electron chi connectivity index (χ3n) is 2.59. The Morgan fingerprint density at radius 1 is 1.10 bits per heavy atom. The normalized spacial score (nSPS) is 11.6. The standard InChI is InChI=1S/C12H14Cl3NO4S/c13-8-6-9(14)12(10(15)7-8)21(19,20)16-5-3-1-2-4-11(17)18/h6-7,16H,1-5H2,(H,17,18). The minimum absolute atomic E-state index is 0.0501. The molecule has 0 spiro atoms. The van der Waals surface area contributed by atoms with Gasteiger partial charge in [-0.3, -0.25) is 4.79 Å². The van der Waals surface area contributed by atoms with Crippen molar-refractivity contribution >= 4 is 50.8 Å². The molecule has 1 rings (SSSR count). The molecule has 0 aliphatic heterocycles. The zero-order chi connectivity index (χ0) is 16.0. The predicted molar refractivity (Wildman–Crippen MR) is 82.8 cm³/mol. The van der Waals surface area contributed by atoms with Gasteiger partial charge in [-0.1, -0.05) is 41.2 Å². The Labute approximate surface area is 138 Å². The van der Waals surface area contributed by atoms with Crippen molar-refractivity contribution in [1.82, 2.24) is 4.72 Å². The molecule has 0 aliphatic carbocycles. The molecule has 0 saturated heterocycles. The van der Waals surface area contributed by atoms with Crippen molar-refractivity contribution in [1.29, 1.82) is 0 Å². The van der Waals surface area contributed by atoms with E-state index in [1.54, 1.807) is 0 Å². The van der Waals surface area contributed by atoms with Gasteiger partial charge in [0.15, 0.2) is 0 Å². The van der Waals surface area contributed by atoms with Gasteiger partial charge in [0.25, 0.3) is 0 Å². The number of sulfonamides is 1. The molecular formula is C12H14Cl3NO4S. The number of carboxylic acids is 1. The Morgan fingerprint density at radius 3 is 2.19 bits per heavy atom. The lowest BCUT2D eigenvalue weighted by molar-refractivity contribution is -0.137. The van der Waals surface area contributed by atoms with Crippen LogP contribution < -0.4 is 4.72 Å². The first-order valence-corrected chi connectivity index (χ1v) is 8.72. The van der Waals surface area contributed by atoms with Gasteiger partial charge < -0.3 is 5.11 Å². The van der Waals surface area contributed by atoms with Crippen molar-refractivity contribution in [2.24, 2.45) is 0 Å². The number of benzene rings is 1. The summed E-state index contributed by atoms with van der Waals surface area (Å²) < 4.78 is 26.6. The van der Waals surface area contributed by atoms with Crippen molar-refractivity contribution in [2.45, 2.75) is 30.6 Å². The number of nitrogens with one attached hydrogen (secondary N) is 1. The SMILES string of the molecule is O=C(O)CCCCCNS(=O)(=O)c1c(Cl)cc(Cl)cc1Cl. The molecule has 0 aromatic heterocycles. The first-order chi connectivity index (χ1) is 9.74. The first-order valence-electron chi connectivity index (χ1n) is 6.10. The smallest absolute Gasteiger partial charge is 0.303 e. The summed E-state index contributed by atoms with van der Waals surface area (Å²) in [5.74, 6) is -0.865. The van der Waals surface area contributed by atoms with Gasteiger partial charge in [0.1, 0.15) is 4.90 Å². The molecule has 21 heavy (non-hydrogen) atoms. The van der Waals surface area contributed by atoms with Gasteiger partial charge in [-0.05, 0) is 25.0 Å². The minimum atomic E-state index is -3.83. The summed E-state index contributed by atoms with van der Waals surface area (Å²) in [4.78, 5) is 10.1. The van der Waals surface area contributed by atoms with Crippen molar-refractivity contribution in [3.8, 4) is 0 Å². The molecule has 0 fully saturated rings. The van der Waals surface area contributed by atoms with Gasteiger partial charge in [-0.15, -0.1) is 0 Å². The fourth-order valence-electron chi connectivity index (χ4n) is 1.64. The summed E-state index contributed by atoms with van der Waals surface area (Å²) in [5, 5.41) is 8.63. The molecular weight excluding hydrogens is 361 g/mol. The topological polar surface area (TPSA) is 83.5 Å². The molecule has 118 valence electrons. The predicted octanol–water partition coefficient (Wildman–Crippen LogP) is 3.57. The van der Waals surface area contributed by atoms with E-state index in [0.29, 0.717) is 19.3 Å². The van der Waals surface area contributed by atoms with Gasteiger partial charge >= 0.3 is 5.97 Å². The second-order valence-electron chi connectivity index (χ2n) is 4.30. The van der Waals surface area contributed by atoms with Crippen molar-refractivity contribution in [2.75, 3.05) is 6.54 Å². The Balaban J connectivity index is 2.61. The molecule has 0 heterocycles. The highest BCUT2D eigenvalue weighted by molar-refractivity contribution is 7.89. The summed E-state index contributed by atoms with van der Waals surface area (Å²) >= 11 is 17.5. The molecule has 0 radical (unpaired) electrons. The van der Waals surface area contributed by atoms with Crippen LogP contribution in [-0.4, -0.2) is 26.0 Å². The van der Waals surface area contributed by atoms with E-state index in [1.807, 2.05) is 0 Å². The summed E-state index contributed by atoms with van der Waals surface area (Å²) in [5.41, 5.74) is 0. The van der Waals surface area contributed by atoms with Crippen LogP contribution >= 0.6 is 34.8 Å². The van der Waals surface area contributed by atoms with Gasteiger partial charge in [-0.25, -0.2) is 13.1 Å². The van der Waals surface area contributed by atoms with Crippen LogP contribution in [-0.2, 0) is 14.8 Å². The monoisotopic (exact) mass is 373 g/mol. The average Bonchev–Trinajstić information content (AvgIpc) is 2.31. The van der Waals surface area contributed by atoms with Crippen LogP contribution in [0.25, 0.3) is 0 Å². The van der Waals surface area contributed by atoms with E-state index in [1.165, 1.54) is 12.1 Å². The molecule has 0 unspecified atom stereocenters. The van der Waals surface area contributed by atoms with E-state index < -0.39 is 16.0 Å². The third kappa shape index (κ3) is 6.00. The summed E-state index contributed by atoms with van der Waals surface area (Å²) in [6, 6.07) is 2.60. The molecule has 1 aromatic carbocycles. The lowest BCUT2D eigenvalue weighted by atomic mass is 10.2. The van der Waals surface area contributed by atoms with E-state index in [0.717, 1.165) is 0 Å². The Kier molecular flexibility index (Phi) is 7.23. The molecule has 9 heteroatoms. The van der Waals surface area contributed by atoms with Crippen molar-refractivity contribution < 1.29 is 18.3 Å². The van der Waals surface area contributed by atoms with Crippen LogP contribution in [0.15, 0.2) is 17.0 Å². The molecule has 0 amide bonds. The molecule has 1 aromatic rings. The molecule has 0 aliphatic rings. The van der Waals surface area contributed by atoms with E-state index in [-0.39, 0.29) is 32.9 Å². The second kappa shape index (κ2) is 8.19. The van der Waals surface area contributed by atoms with Crippen LogP contribution in [0.3, 0.4) is 0 Å². The second-order valence-corrected chi connectivity index (χ2v) is 7.26. The van der Waals surface area contributed by atoms with Gasteiger partial charge in [0.2, 0.25) is 10.0 Å². The number of hydrogen-bond donors (Lipinski definition) is 2. The van der Waals surface area contributed by atoms with Crippen LogP contribution in [0.4, 0.5) is 0 Å². The maximum atomic E-state index is 12.1. The van der Waals surface area contributed by atoms with Crippen molar-refractivity contribution in [3.63, 3.8) is 0 Å². The first kappa shape index (κ1) is 18.5. The lowest BCUT2D eigenvalue weighted by Crippen LogP contribution is -2.25. The zero-order valence-electron chi connectivity index (χ0n) is 10.9. The number of rotatable bonds is 8. The lowest BCUT2D eigenvalue weighted by Gasteiger charge is -2.10. The highest BCUT2D eigenvalue weighted by Crippen LogP contribution is 2.32. The van der Waals surface area contributed by atoms with E-state index in [2.05, 4.69) is 4.72 Å². The fourth-order valence-corrected chi connectivity index (χ4v) is 4.26. The van der Waals surface area contributed by atoms with Gasteiger partial charge in [-0.2, -0.15) is 0 Å². The summed E-state index contributed by atoms with van der Waals surface area (Å²) in [6.07, 6.45) is 1.70. The molecule has 0 atom stereocenters. The van der Waals surface area contributed by atoms with Gasteiger partial charge in [0.05, 0.1) is 10.0 Å². The minimum Gasteiger partial charge on any atom is -0.481 e. The molecule has 2 N–H and O–H groups in total. The highest BCUT2D eigenvalue weighted by Gasteiger charge is 2.21. The number of carboxylic acid groups (broad SMARTS) is 1. The third-order valence-corrected chi connectivity index (χ3v) is 5.19. The van der Waals surface area contributed by atoms with Crippen LogP contribution in [0.1, 0.15) is 25.7 Å². The quantitative estimate of drug-likeness (QED) is 0.681. The molecule has 0 saturated carbocycles. The average molecular weight is 375 g/mol. The number of hydrogen-bond acceptors (Lipinski definition) is 3. The number of aliphatic carboxylic acids is 1. The van der Waals surface area contributed by atoms with E-state index in [4.69, 9.17) is 39.9 Å². The summed E-state index contributed by atoms with van der Waals surface area (Å²) in [7, 11) is -3.83. The van der Waals surface area contributed by atoms with Crippen LogP contribution in [0.5, 0.6) is 0 Å². The zero-order valence-corrected chi connectivity index (χ0v) is 14.0. The van der Waals surface area contributed by atoms with Gasteiger partial charge in [0, 0.05) is 18.0 Å². The Morgan fingerprint density at radius 2 is 1.67 bits per heavy atom. The molecule has 5 nitrogen and oxygen atoms in total. The Hall–Kier alpha value is -0.530. The van der Waals surface area contributed by atoms with E-state index in [9.17, 15) is 13.2 Å². The van der Waals surface area contributed by atoms with Crippen LogP contribution in [0.2, 0.25) is 15.1 Å². The number of unbranched alkanes of at least 4 members (excludes halogenated alkanes) is 2. The largest absolute Gasteiger partial charge is 0.481 e. The summed E-state index contributed by atoms with van der Waals surface area (Å²) in [6.45, 7) is 0.178. The van der Waals surface area contributed by atoms with Crippen molar-refractivity contribution in [3.05, 3.63) is 27.2 Å². The number of halogens is 3. The maximum absolute atomic E-state index is 12.1. The Bertz CT molecular complexity index is 596. The maximum Gasteiger partial charge on any atom is 0.303 e. The highest BCUT2D eigenvalue weighted by atomic mass is 35.5. The number of carbonyl (C=O) groups is 1.